The van der Waals surface area contributed by atoms with Crippen molar-refractivity contribution in [3.8, 4) is 0 Å². The monoisotopic (exact) mass is 414 g/mol. The molecule has 4 aliphatic rings. The second kappa shape index (κ2) is 8.10. The number of carbonyl (C=O) groups excluding carboxylic acids is 1. The van der Waals surface area contributed by atoms with Gasteiger partial charge in [0, 0.05) is 6.42 Å². The predicted molar refractivity (Wildman–Crippen MR) is 120 cm³/mol. The first-order valence-corrected chi connectivity index (χ1v) is 12.6. The molecule has 30 heavy (non-hydrogen) atoms. The van der Waals surface area contributed by atoms with Gasteiger partial charge >= 0.3 is 5.97 Å². The highest BCUT2D eigenvalue weighted by Crippen LogP contribution is 2.67. The van der Waals surface area contributed by atoms with Crippen molar-refractivity contribution < 1.29 is 14.7 Å². The van der Waals surface area contributed by atoms with E-state index in [2.05, 4.69) is 26.8 Å². The van der Waals surface area contributed by atoms with E-state index in [-0.39, 0.29) is 11.3 Å². The number of hydrogen-bond donors (Lipinski definition) is 1. The molecule has 0 aliphatic heterocycles. The maximum Gasteiger partial charge on any atom is 0.306 e. The van der Waals surface area contributed by atoms with Crippen molar-refractivity contribution >= 4 is 11.8 Å². The van der Waals surface area contributed by atoms with Gasteiger partial charge in [-0.2, -0.15) is 0 Å². The van der Waals surface area contributed by atoms with E-state index in [0.717, 1.165) is 42.9 Å². The van der Waals surface area contributed by atoms with Gasteiger partial charge in [0.2, 0.25) is 0 Å². The normalized spacial score (nSPS) is 44.7. The number of carboxylic acid groups (broad SMARTS) is 1. The number of ketones is 1. The molecule has 1 N–H and O–H groups in total. The molecule has 3 fully saturated rings. The fourth-order valence-electron chi connectivity index (χ4n) is 8.68. The number of allylic oxidation sites excluding steroid dienone is 2. The summed E-state index contributed by atoms with van der Waals surface area (Å²) in [5.74, 6) is 3.93. The van der Waals surface area contributed by atoms with Crippen molar-refractivity contribution in [2.45, 2.75) is 91.9 Å². The lowest BCUT2D eigenvalue weighted by Gasteiger charge is -2.59. The Hall–Kier alpha value is -1.12. The third kappa shape index (κ3) is 3.58. The topological polar surface area (TPSA) is 54.4 Å². The third-order valence-electron chi connectivity index (χ3n) is 10.5. The van der Waals surface area contributed by atoms with Gasteiger partial charge < -0.3 is 5.11 Å². The Morgan fingerprint density at radius 1 is 1.10 bits per heavy atom. The minimum Gasteiger partial charge on any atom is -0.481 e. The van der Waals surface area contributed by atoms with Gasteiger partial charge in [-0.25, -0.2) is 0 Å². The molecule has 0 aromatic heterocycles. The molecule has 3 heteroatoms. The molecule has 0 aromatic carbocycles. The average Bonchev–Trinajstić information content (AvgIpc) is 3.05. The van der Waals surface area contributed by atoms with Crippen LogP contribution in [0.25, 0.3) is 0 Å². The van der Waals surface area contributed by atoms with Gasteiger partial charge in [0.05, 0.1) is 5.92 Å². The van der Waals surface area contributed by atoms with Crippen molar-refractivity contribution in [3.05, 3.63) is 12.2 Å². The van der Waals surface area contributed by atoms with Crippen LogP contribution in [0.5, 0.6) is 0 Å². The molecule has 3 saturated carbocycles. The van der Waals surface area contributed by atoms with Gasteiger partial charge in [-0.15, -0.1) is 0 Å². The van der Waals surface area contributed by atoms with E-state index in [1.165, 1.54) is 44.9 Å². The van der Waals surface area contributed by atoms with Crippen LogP contribution >= 0.6 is 0 Å². The van der Waals surface area contributed by atoms with E-state index < -0.39 is 5.97 Å². The summed E-state index contributed by atoms with van der Waals surface area (Å²) in [4.78, 5) is 23.1. The summed E-state index contributed by atoms with van der Waals surface area (Å²) >= 11 is 0. The van der Waals surface area contributed by atoms with Gasteiger partial charge in [0.15, 0.2) is 5.78 Å². The molecule has 3 nitrogen and oxygen atoms in total. The van der Waals surface area contributed by atoms with Crippen LogP contribution in [0.3, 0.4) is 0 Å². The Balaban J connectivity index is 1.44. The van der Waals surface area contributed by atoms with E-state index in [1.54, 1.807) is 0 Å². The Bertz CT molecular complexity index is 711. The summed E-state index contributed by atoms with van der Waals surface area (Å²) in [6, 6.07) is 0. The van der Waals surface area contributed by atoms with Crippen molar-refractivity contribution in [3.63, 3.8) is 0 Å². The summed E-state index contributed by atoms with van der Waals surface area (Å²) < 4.78 is 0. The predicted octanol–water partition coefficient (Wildman–Crippen LogP) is 6.52. The highest BCUT2D eigenvalue weighted by atomic mass is 16.4. The van der Waals surface area contributed by atoms with Crippen LogP contribution in [0, 0.1) is 52.3 Å². The number of fused-ring (bicyclic) bond motifs is 5. The number of hydrogen-bond acceptors (Lipinski definition) is 2. The van der Waals surface area contributed by atoms with Crippen molar-refractivity contribution in [2.75, 3.05) is 0 Å². The average molecular weight is 415 g/mol. The molecular formula is C27H42O3. The third-order valence-corrected chi connectivity index (χ3v) is 10.5. The summed E-state index contributed by atoms with van der Waals surface area (Å²) in [6.45, 7) is 9.32. The van der Waals surface area contributed by atoms with Crippen LogP contribution in [-0.2, 0) is 9.59 Å². The molecule has 0 spiro atoms. The second-order valence-electron chi connectivity index (χ2n) is 11.9. The SMILES string of the molecule is C[C@H](CCC[C@H](C)C(=O)O)[C@H]1CC[C@H]2[C@@H]3CC[C@H]4CC(=O)C=C[C@]4(C)[C@H]3CC[C@]12C. The van der Waals surface area contributed by atoms with Crippen molar-refractivity contribution in [1.82, 2.24) is 0 Å². The lowest BCUT2D eigenvalue weighted by atomic mass is 9.45. The highest BCUT2D eigenvalue weighted by Gasteiger charge is 2.59. The molecule has 0 bridgehead atoms. The molecule has 9 atom stereocenters. The minimum atomic E-state index is -0.656. The van der Waals surface area contributed by atoms with Crippen LogP contribution in [-0.4, -0.2) is 16.9 Å². The first-order chi connectivity index (χ1) is 14.2. The van der Waals surface area contributed by atoms with Gasteiger partial charge in [0.25, 0.3) is 0 Å². The molecule has 0 aromatic rings. The van der Waals surface area contributed by atoms with Gasteiger partial charge in [0.1, 0.15) is 0 Å². The Morgan fingerprint density at radius 3 is 2.60 bits per heavy atom. The molecule has 4 aliphatic carbocycles. The molecule has 0 saturated heterocycles. The lowest BCUT2D eigenvalue weighted by Crippen LogP contribution is -2.52. The Labute approximate surface area is 183 Å². The summed E-state index contributed by atoms with van der Waals surface area (Å²) in [5, 5.41) is 9.16. The number of carbonyl (C=O) groups is 2. The zero-order chi connectivity index (χ0) is 21.7. The molecule has 0 radical (unpaired) electrons. The van der Waals surface area contributed by atoms with E-state index in [4.69, 9.17) is 5.11 Å². The van der Waals surface area contributed by atoms with Crippen molar-refractivity contribution in [1.29, 1.82) is 0 Å². The molecule has 0 heterocycles. The quantitative estimate of drug-likeness (QED) is 0.538. The standard InChI is InChI=1S/C27H42O3/c1-17(6-5-7-18(2)25(29)30)22-10-11-23-21-9-8-19-16-20(28)12-14-26(19,3)24(21)13-15-27(22,23)4/h12,14,17-19,21-24H,5-11,13,15-16H2,1-4H3,(H,29,30)/t17-,18+,19+,21+,22-,23+,24+,26+,27-/m1/s1. The summed E-state index contributed by atoms with van der Waals surface area (Å²) in [7, 11) is 0. The first kappa shape index (κ1) is 22.1. The Kier molecular flexibility index (Phi) is 5.96. The molecule has 0 unspecified atom stereocenters. The lowest BCUT2D eigenvalue weighted by molar-refractivity contribution is -0.141. The fraction of sp³-hybridized carbons (Fsp3) is 0.852. The molecule has 168 valence electrons. The van der Waals surface area contributed by atoms with E-state index in [9.17, 15) is 9.59 Å². The highest BCUT2D eigenvalue weighted by molar-refractivity contribution is 5.91. The summed E-state index contributed by atoms with van der Waals surface area (Å²) in [6.07, 6.45) is 15.9. The minimum absolute atomic E-state index is 0.217. The maximum absolute atomic E-state index is 12.0. The largest absolute Gasteiger partial charge is 0.481 e. The number of rotatable bonds is 6. The molecular weight excluding hydrogens is 372 g/mol. The van der Waals surface area contributed by atoms with Crippen LogP contribution < -0.4 is 0 Å². The van der Waals surface area contributed by atoms with Crippen molar-refractivity contribution in [2.24, 2.45) is 52.3 Å². The van der Waals surface area contributed by atoms with Crippen LogP contribution in [0.2, 0.25) is 0 Å². The fourth-order valence-corrected chi connectivity index (χ4v) is 8.68. The van der Waals surface area contributed by atoms with Crippen LogP contribution in [0.1, 0.15) is 91.9 Å². The maximum atomic E-state index is 12.0. The van der Waals surface area contributed by atoms with Crippen LogP contribution in [0.15, 0.2) is 12.2 Å². The van der Waals surface area contributed by atoms with E-state index in [1.807, 2.05) is 13.0 Å². The van der Waals surface area contributed by atoms with E-state index >= 15 is 0 Å². The number of carboxylic acids is 1. The summed E-state index contributed by atoms with van der Waals surface area (Å²) in [5.41, 5.74) is 0.686. The zero-order valence-corrected chi connectivity index (χ0v) is 19.5. The Morgan fingerprint density at radius 2 is 1.87 bits per heavy atom. The number of aliphatic carboxylic acids is 1. The van der Waals surface area contributed by atoms with E-state index in [0.29, 0.717) is 23.0 Å². The molecule has 4 rings (SSSR count). The van der Waals surface area contributed by atoms with Gasteiger partial charge in [-0.05, 0) is 97.4 Å². The van der Waals surface area contributed by atoms with Gasteiger partial charge in [-0.3, -0.25) is 9.59 Å². The second-order valence-corrected chi connectivity index (χ2v) is 11.9. The smallest absolute Gasteiger partial charge is 0.306 e. The first-order valence-electron chi connectivity index (χ1n) is 12.6. The van der Waals surface area contributed by atoms with Gasteiger partial charge in [-0.1, -0.05) is 46.6 Å². The zero-order valence-electron chi connectivity index (χ0n) is 19.5. The molecule has 0 amide bonds. The van der Waals surface area contributed by atoms with Crippen LogP contribution in [0.4, 0.5) is 0 Å².